The zero-order valence-corrected chi connectivity index (χ0v) is 23.8. The highest BCUT2D eigenvalue weighted by Crippen LogP contribution is 2.74. The molecule has 0 aromatic heterocycles. The molecule has 4 aliphatic rings. The van der Waals surface area contributed by atoms with Gasteiger partial charge in [-0.05, 0) is 93.3 Å². The molecule has 202 valence electrons. The van der Waals surface area contributed by atoms with Gasteiger partial charge >= 0.3 is 0 Å². The van der Waals surface area contributed by atoms with Crippen LogP contribution in [0.1, 0.15) is 107 Å². The number of carbonyl (C=O) groups excluding carboxylic acids is 1. The normalized spacial score (nSPS) is 43.5. The third-order valence-electron chi connectivity index (χ3n) is 12.4. The van der Waals surface area contributed by atoms with Gasteiger partial charge in [-0.2, -0.15) is 9.81 Å². The largest absolute Gasteiger partial charge is 0.388 e. The first kappa shape index (κ1) is 27.6. The Labute approximate surface area is 217 Å². The predicted molar refractivity (Wildman–Crippen MR) is 143 cm³/mol. The summed E-state index contributed by atoms with van der Waals surface area (Å²) in [6, 6.07) is -0.831. The highest BCUT2D eigenvalue weighted by Gasteiger charge is 2.70. The van der Waals surface area contributed by atoms with E-state index in [9.17, 15) is 19.7 Å². The standard InChI is InChI=1S/C30H48N2O4/c1-18(9-13-24(32-36)27(4,5)34)19-15-16-28(6)22-12-10-20-21(11-14-23(31-35)26(20,2)3)30(22,8)25(33)17-29(19,28)7/h10,18-19,21-24,34H,9,11-17H2,1-8H3/t18-,19?,21?,22?,23+,24-,28+,29-,30+/m1/s1. The van der Waals surface area contributed by atoms with E-state index in [2.05, 4.69) is 58.0 Å². The minimum atomic E-state index is -1.11. The van der Waals surface area contributed by atoms with Gasteiger partial charge in [0.2, 0.25) is 0 Å². The average Bonchev–Trinajstić information content (AvgIpc) is 3.04. The van der Waals surface area contributed by atoms with E-state index in [1.54, 1.807) is 13.8 Å². The first-order valence-corrected chi connectivity index (χ1v) is 14.2. The van der Waals surface area contributed by atoms with E-state index >= 15 is 0 Å². The molecule has 0 aliphatic heterocycles. The van der Waals surface area contributed by atoms with Crippen molar-refractivity contribution < 1.29 is 9.90 Å². The maximum atomic E-state index is 14.3. The van der Waals surface area contributed by atoms with E-state index < -0.39 is 17.1 Å². The highest BCUT2D eigenvalue weighted by molar-refractivity contribution is 5.88. The van der Waals surface area contributed by atoms with Crippen LogP contribution in [-0.2, 0) is 4.79 Å². The molecule has 9 atom stereocenters. The molecule has 0 bridgehead atoms. The van der Waals surface area contributed by atoms with Gasteiger partial charge in [-0.3, -0.25) is 4.79 Å². The van der Waals surface area contributed by atoms with Crippen molar-refractivity contribution in [3.8, 4) is 0 Å². The van der Waals surface area contributed by atoms with Crippen LogP contribution in [0.4, 0.5) is 0 Å². The number of aliphatic hydroxyl groups is 1. The molecule has 6 heteroatoms. The molecule has 36 heavy (non-hydrogen) atoms. The average molecular weight is 501 g/mol. The SMILES string of the molecule is C[C@H](CC[C@@H](N=O)C(C)(C)O)C1CC[C@@]2(C)C3CC=C4C(CC[C@H](N=O)C4(C)C)[C@]3(C)C(=O)C[C@]12C. The Morgan fingerprint density at radius 3 is 2.31 bits per heavy atom. The maximum Gasteiger partial charge on any atom is 0.140 e. The molecule has 0 radical (unpaired) electrons. The van der Waals surface area contributed by atoms with Crippen LogP contribution in [-0.4, -0.2) is 28.6 Å². The van der Waals surface area contributed by atoms with Gasteiger partial charge in [0.15, 0.2) is 0 Å². The van der Waals surface area contributed by atoms with Gasteiger partial charge in [-0.25, -0.2) is 0 Å². The number of allylic oxidation sites excluding steroid dienone is 1. The molecular formula is C30H48N2O4. The molecule has 0 spiro atoms. The van der Waals surface area contributed by atoms with Crippen LogP contribution in [0.15, 0.2) is 22.0 Å². The quantitative estimate of drug-likeness (QED) is 0.294. The van der Waals surface area contributed by atoms with Crippen LogP contribution in [0.3, 0.4) is 0 Å². The lowest BCUT2D eigenvalue weighted by atomic mass is 9.38. The summed E-state index contributed by atoms with van der Waals surface area (Å²) in [7, 11) is 0. The summed E-state index contributed by atoms with van der Waals surface area (Å²) in [5, 5.41) is 17.0. The fourth-order valence-corrected chi connectivity index (χ4v) is 9.72. The van der Waals surface area contributed by atoms with Crippen LogP contribution in [0.25, 0.3) is 0 Å². The number of ketones is 1. The van der Waals surface area contributed by atoms with Crippen molar-refractivity contribution in [2.75, 3.05) is 0 Å². The number of nitroso groups, excluding NO2 is 2. The minimum absolute atomic E-state index is 0.0546. The Hall–Kier alpha value is -1.43. The zero-order valence-electron chi connectivity index (χ0n) is 23.8. The van der Waals surface area contributed by atoms with Gasteiger partial charge in [0.25, 0.3) is 0 Å². The van der Waals surface area contributed by atoms with Gasteiger partial charge in [0.05, 0.1) is 5.60 Å². The molecule has 3 unspecified atom stereocenters. The summed E-state index contributed by atoms with van der Waals surface area (Å²) in [6.07, 6.45) is 9.12. The van der Waals surface area contributed by atoms with Crippen molar-refractivity contribution in [2.24, 2.45) is 55.7 Å². The molecule has 4 rings (SSSR count). The second-order valence-electron chi connectivity index (χ2n) is 14.6. The molecule has 0 aromatic carbocycles. The molecule has 0 aromatic rings. The maximum absolute atomic E-state index is 14.3. The summed E-state index contributed by atoms with van der Waals surface area (Å²) in [6.45, 7) is 16.9. The van der Waals surface area contributed by atoms with Gasteiger partial charge in [-0.15, -0.1) is 0 Å². The van der Waals surface area contributed by atoms with Crippen molar-refractivity contribution in [1.82, 2.24) is 0 Å². The number of rotatable bonds is 7. The lowest BCUT2D eigenvalue weighted by Crippen LogP contribution is -2.63. The van der Waals surface area contributed by atoms with Crippen molar-refractivity contribution in [3.05, 3.63) is 21.5 Å². The Balaban J connectivity index is 1.64. The van der Waals surface area contributed by atoms with Gasteiger partial charge in [0, 0.05) is 17.3 Å². The van der Waals surface area contributed by atoms with Crippen molar-refractivity contribution >= 4 is 5.78 Å². The van der Waals surface area contributed by atoms with Crippen LogP contribution in [0.5, 0.6) is 0 Å². The molecule has 0 amide bonds. The summed E-state index contributed by atoms with van der Waals surface area (Å²) in [4.78, 5) is 37.3. The van der Waals surface area contributed by atoms with E-state index in [4.69, 9.17) is 0 Å². The predicted octanol–water partition coefficient (Wildman–Crippen LogP) is 7.23. The smallest absolute Gasteiger partial charge is 0.140 e. The Kier molecular flexibility index (Phi) is 6.76. The van der Waals surface area contributed by atoms with E-state index in [0.717, 1.165) is 38.5 Å². The number of carbonyl (C=O) groups is 1. The molecule has 6 nitrogen and oxygen atoms in total. The van der Waals surface area contributed by atoms with E-state index in [1.807, 2.05) is 0 Å². The Bertz CT molecular complexity index is 951. The van der Waals surface area contributed by atoms with Crippen LogP contribution >= 0.6 is 0 Å². The van der Waals surface area contributed by atoms with Crippen LogP contribution in [0.2, 0.25) is 0 Å². The lowest BCUT2D eigenvalue weighted by Gasteiger charge is -2.64. The lowest BCUT2D eigenvalue weighted by molar-refractivity contribution is -0.170. The number of Topliss-reactive ketones (excluding diaryl/α,β-unsaturated/α-hetero) is 1. The number of hydrogen-bond acceptors (Lipinski definition) is 6. The summed E-state index contributed by atoms with van der Waals surface area (Å²) >= 11 is 0. The summed E-state index contributed by atoms with van der Waals surface area (Å²) in [5.41, 5.74) is -0.546. The van der Waals surface area contributed by atoms with Gasteiger partial charge < -0.3 is 5.11 Å². The molecule has 0 heterocycles. The number of hydrogen-bond donors (Lipinski definition) is 1. The second-order valence-corrected chi connectivity index (χ2v) is 14.6. The van der Waals surface area contributed by atoms with Crippen LogP contribution < -0.4 is 0 Å². The van der Waals surface area contributed by atoms with Crippen LogP contribution in [0, 0.1) is 55.1 Å². The molecule has 1 N–H and O–H groups in total. The highest BCUT2D eigenvalue weighted by atomic mass is 16.3. The molecule has 0 saturated heterocycles. The number of nitrogens with zero attached hydrogens (tertiary/aromatic N) is 2. The minimum Gasteiger partial charge on any atom is -0.388 e. The molecule has 3 saturated carbocycles. The number of fused-ring (bicyclic) bond motifs is 5. The second kappa shape index (κ2) is 8.81. The van der Waals surface area contributed by atoms with Crippen molar-refractivity contribution in [2.45, 2.75) is 124 Å². The topological polar surface area (TPSA) is 96.2 Å². The first-order chi connectivity index (χ1) is 16.6. The Morgan fingerprint density at radius 2 is 1.72 bits per heavy atom. The molecule has 4 aliphatic carbocycles. The van der Waals surface area contributed by atoms with Crippen molar-refractivity contribution in [1.29, 1.82) is 0 Å². The Morgan fingerprint density at radius 1 is 1.06 bits per heavy atom. The summed E-state index contributed by atoms with van der Waals surface area (Å²) in [5.74, 6) is 1.64. The zero-order chi connectivity index (χ0) is 26.9. The fourth-order valence-electron chi connectivity index (χ4n) is 9.72. The van der Waals surface area contributed by atoms with E-state index in [0.29, 0.717) is 36.4 Å². The fraction of sp³-hybridized carbons (Fsp3) is 0.900. The summed E-state index contributed by atoms with van der Waals surface area (Å²) < 4.78 is 0. The third-order valence-corrected chi connectivity index (χ3v) is 12.4. The molecule has 3 fully saturated rings. The van der Waals surface area contributed by atoms with E-state index in [1.165, 1.54) is 5.57 Å². The first-order valence-electron chi connectivity index (χ1n) is 14.2. The van der Waals surface area contributed by atoms with Crippen molar-refractivity contribution in [3.63, 3.8) is 0 Å². The van der Waals surface area contributed by atoms with E-state index in [-0.39, 0.29) is 28.2 Å². The molecular weight excluding hydrogens is 452 g/mol. The third kappa shape index (κ3) is 3.71. The van der Waals surface area contributed by atoms with Gasteiger partial charge in [-0.1, -0.05) is 63.5 Å². The monoisotopic (exact) mass is 500 g/mol. The van der Waals surface area contributed by atoms with Gasteiger partial charge in [0.1, 0.15) is 17.9 Å².